The molecule has 1 aromatic carbocycles. The standard InChI is InChI=1S/C29H32N6O4S/c1-33-22-16-31-28-25(27(22)34(2)29(33)36)24(20-9-10-23(39-3)30-15-20)26(32-28)19-7-5-18(6-8-19)17-35-13-11-21(12-14-35)40(4,37)38/h5-10,15-16,21H,11-14,17H2,1-4H3,(H,31,32). The van der Waals surface area contributed by atoms with Gasteiger partial charge in [-0.15, -0.1) is 0 Å². The zero-order valence-corrected chi connectivity index (χ0v) is 23.8. The van der Waals surface area contributed by atoms with Crippen LogP contribution in [0.5, 0.6) is 5.88 Å². The van der Waals surface area contributed by atoms with E-state index in [9.17, 15) is 13.2 Å². The Morgan fingerprint density at radius 2 is 1.68 bits per heavy atom. The van der Waals surface area contributed by atoms with Gasteiger partial charge in [0.1, 0.15) is 15.5 Å². The summed E-state index contributed by atoms with van der Waals surface area (Å²) in [6.45, 7) is 2.31. The van der Waals surface area contributed by atoms with Crippen LogP contribution >= 0.6 is 0 Å². The van der Waals surface area contributed by atoms with Crippen LogP contribution in [-0.4, -0.2) is 69.1 Å². The number of aryl methyl sites for hydroxylation is 2. The number of fused-ring (bicyclic) bond motifs is 3. The number of aromatic amines is 1. The monoisotopic (exact) mass is 560 g/mol. The largest absolute Gasteiger partial charge is 0.481 e. The molecule has 0 bridgehead atoms. The molecule has 208 valence electrons. The number of rotatable bonds is 6. The maximum absolute atomic E-state index is 12.8. The van der Waals surface area contributed by atoms with E-state index < -0.39 is 9.84 Å². The minimum Gasteiger partial charge on any atom is -0.481 e. The van der Waals surface area contributed by atoms with Crippen LogP contribution in [0.2, 0.25) is 0 Å². The number of imidazole rings is 1. The van der Waals surface area contributed by atoms with Crippen LogP contribution in [0.25, 0.3) is 44.5 Å². The Hall–Kier alpha value is -3.96. The predicted octanol–water partition coefficient (Wildman–Crippen LogP) is 3.50. The molecule has 10 nitrogen and oxygen atoms in total. The van der Waals surface area contributed by atoms with Crippen molar-refractivity contribution in [1.29, 1.82) is 0 Å². The second kappa shape index (κ2) is 9.90. The van der Waals surface area contributed by atoms with Crippen molar-refractivity contribution in [1.82, 2.24) is 29.0 Å². The van der Waals surface area contributed by atoms with E-state index in [0.29, 0.717) is 24.4 Å². The molecule has 6 rings (SSSR count). The summed E-state index contributed by atoms with van der Waals surface area (Å²) in [6.07, 6.45) is 6.19. The zero-order chi connectivity index (χ0) is 28.2. The molecule has 40 heavy (non-hydrogen) atoms. The van der Waals surface area contributed by atoms with Gasteiger partial charge in [0.15, 0.2) is 0 Å². The van der Waals surface area contributed by atoms with Crippen molar-refractivity contribution in [3.05, 3.63) is 64.8 Å². The minimum absolute atomic E-state index is 0.115. The van der Waals surface area contributed by atoms with Crippen LogP contribution < -0.4 is 10.4 Å². The van der Waals surface area contributed by atoms with Gasteiger partial charge in [-0.2, -0.15) is 0 Å². The maximum Gasteiger partial charge on any atom is 0.328 e. The first-order chi connectivity index (χ1) is 19.2. The number of nitrogens with one attached hydrogen (secondary N) is 1. The summed E-state index contributed by atoms with van der Waals surface area (Å²) in [5.74, 6) is 0.519. The Kier molecular flexibility index (Phi) is 6.50. The van der Waals surface area contributed by atoms with Crippen molar-refractivity contribution in [3.63, 3.8) is 0 Å². The van der Waals surface area contributed by atoms with Crippen molar-refractivity contribution in [2.75, 3.05) is 26.5 Å². The first-order valence-corrected chi connectivity index (χ1v) is 15.2. The molecule has 1 N–H and O–H groups in total. The van der Waals surface area contributed by atoms with E-state index in [4.69, 9.17) is 4.74 Å². The number of ether oxygens (including phenoxy) is 1. The van der Waals surface area contributed by atoms with E-state index in [1.807, 2.05) is 12.1 Å². The van der Waals surface area contributed by atoms with E-state index in [-0.39, 0.29) is 10.9 Å². The molecule has 0 atom stereocenters. The smallest absolute Gasteiger partial charge is 0.328 e. The van der Waals surface area contributed by atoms with Crippen LogP contribution in [0.1, 0.15) is 18.4 Å². The van der Waals surface area contributed by atoms with E-state index >= 15 is 0 Å². The van der Waals surface area contributed by atoms with E-state index in [0.717, 1.165) is 64.0 Å². The number of H-pyrrole nitrogens is 1. The van der Waals surface area contributed by atoms with Gasteiger partial charge in [-0.1, -0.05) is 24.3 Å². The number of hydrogen-bond donors (Lipinski definition) is 1. The Morgan fingerprint density at radius 1 is 0.975 bits per heavy atom. The van der Waals surface area contributed by atoms with Gasteiger partial charge in [0.05, 0.1) is 40.7 Å². The molecule has 4 aromatic heterocycles. The van der Waals surface area contributed by atoms with Crippen molar-refractivity contribution in [2.24, 2.45) is 14.1 Å². The number of hydrogen-bond acceptors (Lipinski definition) is 7. The molecule has 0 radical (unpaired) electrons. The molecule has 0 aliphatic carbocycles. The van der Waals surface area contributed by atoms with Crippen LogP contribution in [0.4, 0.5) is 0 Å². The molecule has 0 saturated carbocycles. The highest BCUT2D eigenvalue weighted by molar-refractivity contribution is 7.91. The van der Waals surface area contributed by atoms with E-state index in [1.54, 1.807) is 42.7 Å². The number of methoxy groups -OCH3 is 1. The predicted molar refractivity (Wildman–Crippen MR) is 156 cm³/mol. The first-order valence-electron chi connectivity index (χ1n) is 13.2. The molecule has 11 heteroatoms. The number of pyridine rings is 2. The van der Waals surface area contributed by atoms with Crippen LogP contribution in [0, 0.1) is 0 Å². The summed E-state index contributed by atoms with van der Waals surface area (Å²) in [7, 11) is 2.13. The van der Waals surface area contributed by atoms with Gasteiger partial charge in [-0.25, -0.2) is 23.2 Å². The molecular weight excluding hydrogens is 528 g/mol. The van der Waals surface area contributed by atoms with Crippen LogP contribution in [0.3, 0.4) is 0 Å². The third-order valence-corrected chi connectivity index (χ3v) is 9.75. The maximum atomic E-state index is 12.8. The van der Waals surface area contributed by atoms with E-state index in [1.165, 1.54) is 6.26 Å². The summed E-state index contributed by atoms with van der Waals surface area (Å²) in [5.41, 5.74) is 6.96. The van der Waals surface area contributed by atoms with Gasteiger partial charge < -0.3 is 9.72 Å². The van der Waals surface area contributed by atoms with Crippen LogP contribution in [0.15, 0.2) is 53.6 Å². The van der Waals surface area contributed by atoms with Crippen molar-refractivity contribution < 1.29 is 13.2 Å². The molecule has 5 aromatic rings. The van der Waals surface area contributed by atoms with E-state index in [2.05, 4.69) is 44.1 Å². The second-order valence-electron chi connectivity index (χ2n) is 10.6. The summed E-state index contributed by atoms with van der Waals surface area (Å²) < 4.78 is 32.4. The number of likely N-dealkylation sites (tertiary alicyclic amines) is 1. The molecule has 0 amide bonds. The highest BCUT2D eigenvalue weighted by Crippen LogP contribution is 2.40. The Labute approximate surface area is 232 Å². The fourth-order valence-electron chi connectivity index (χ4n) is 5.82. The summed E-state index contributed by atoms with van der Waals surface area (Å²) in [4.78, 5) is 27.8. The van der Waals surface area contributed by atoms with Crippen molar-refractivity contribution in [3.8, 4) is 28.3 Å². The second-order valence-corrected chi connectivity index (χ2v) is 12.9. The Bertz CT molecular complexity index is 1880. The number of aromatic nitrogens is 5. The van der Waals surface area contributed by atoms with Gasteiger partial charge >= 0.3 is 5.69 Å². The molecular formula is C29H32N6O4S. The normalized spacial score (nSPS) is 15.3. The molecule has 5 heterocycles. The lowest BCUT2D eigenvalue weighted by Gasteiger charge is -2.31. The molecule has 1 saturated heterocycles. The van der Waals surface area contributed by atoms with Crippen molar-refractivity contribution >= 4 is 31.9 Å². The Balaban J connectivity index is 1.41. The summed E-state index contributed by atoms with van der Waals surface area (Å²) in [6, 6.07) is 12.2. The summed E-state index contributed by atoms with van der Waals surface area (Å²) >= 11 is 0. The number of benzene rings is 1. The van der Waals surface area contributed by atoms with Crippen molar-refractivity contribution in [2.45, 2.75) is 24.6 Å². The number of piperidine rings is 1. The molecule has 0 unspecified atom stereocenters. The SMILES string of the molecule is COc1ccc(-c2c(-c3ccc(CN4CCC(S(C)(=O)=O)CC4)cc3)[nH]c3ncc4c(c23)n(C)c(=O)n4C)cn1. The zero-order valence-electron chi connectivity index (χ0n) is 23.0. The van der Waals surface area contributed by atoms with Gasteiger partial charge in [-0.05, 0) is 43.1 Å². The van der Waals surface area contributed by atoms with Gasteiger partial charge in [-0.3, -0.25) is 14.0 Å². The lowest BCUT2D eigenvalue weighted by atomic mass is 9.98. The molecule has 1 fully saturated rings. The lowest BCUT2D eigenvalue weighted by Crippen LogP contribution is -2.38. The summed E-state index contributed by atoms with van der Waals surface area (Å²) in [5, 5.41) is 0.626. The quantitative estimate of drug-likeness (QED) is 0.338. The first kappa shape index (κ1) is 26.3. The minimum atomic E-state index is -2.99. The highest BCUT2D eigenvalue weighted by Gasteiger charge is 2.27. The molecule has 1 aliphatic heterocycles. The Morgan fingerprint density at radius 3 is 2.30 bits per heavy atom. The third-order valence-electron chi connectivity index (χ3n) is 8.07. The average Bonchev–Trinajstić information content (AvgIpc) is 3.44. The fourth-order valence-corrected chi connectivity index (χ4v) is 6.89. The molecule has 1 aliphatic rings. The highest BCUT2D eigenvalue weighted by atomic mass is 32.2. The average molecular weight is 561 g/mol. The number of nitrogens with zero attached hydrogens (tertiary/aromatic N) is 5. The van der Waals surface area contributed by atoms with Crippen LogP contribution in [-0.2, 0) is 30.5 Å². The van der Waals surface area contributed by atoms with Gasteiger partial charge in [0.2, 0.25) is 5.88 Å². The third kappa shape index (κ3) is 4.48. The number of sulfone groups is 1. The lowest BCUT2D eigenvalue weighted by molar-refractivity contribution is 0.222. The topological polar surface area (TPSA) is 115 Å². The van der Waals surface area contributed by atoms with Gasteiger partial charge in [0.25, 0.3) is 0 Å². The fraction of sp³-hybridized carbons (Fsp3) is 0.345. The molecule has 0 spiro atoms. The van der Waals surface area contributed by atoms with Gasteiger partial charge in [0, 0.05) is 50.3 Å².